The summed E-state index contributed by atoms with van der Waals surface area (Å²) in [5.74, 6) is -0.0816. The van der Waals surface area contributed by atoms with E-state index in [1.165, 1.54) is 11.8 Å². The minimum absolute atomic E-state index is 0.00185. The summed E-state index contributed by atoms with van der Waals surface area (Å²) in [6.07, 6.45) is 0. The number of aromatic amines is 1. The second-order valence-electron chi connectivity index (χ2n) is 3.34. The Balaban J connectivity index is 2.21. The fourth-order valence-corrected chi connectivity index (χ4v) is 2.03. The number of H-pyrrole nitrogens is 1. The fraction of sp³-hybridized carbons (Fsp3) is 0.273. The minimum Gasteiger partial charge on any atom is -0.494 e. The van der Waals surface area contributed by atoms with E-state index in [4.69, 9.17) is 9.84 Å². The van der Waals surface area contributed by atoms with Crippen LogP contribution in [0, 0.1) is 0 Å². The van der Waals surface area contributed by atoms with E-state index in [0.717, 1.165) is 16.8 Å². The van der Waals surface area contributed by atoms with Crippen molar-refractivity contribution in [1.29, 1.82) is 0 Å². The van der Waals surface area contributed by atoms with Gasteiger partial charge in [-0.15, -0.1) is 0 Å². The molecule has 2 rings (SSSR count). The number of carbonyl (C=O) groups is 1. The summed E-state index contributed by atoms with van der Waals surface area (Å²) in [5.41, 5.74) is 1.66. The number of hydrogen-bond acceptors (Lipinski definition) is 4. The summed E-state index contributed by atoms with van der Waals surface area (Å²) in [7, 11) is 0. The highest BCUT2D eigenvalue weighted by molar-refractivity contribution is 7.99. The van der Waals surface area contributed by atoms with Crippen molar-refractivity contribution >= 4 is 28.8 Å². The van der Waals surface area contributed by atoms with Gasteiger partial charge in [-0.05, 0) is 19.1 Å². The predicted molar refractivity (Wildman–Crippen MR) is 65.6 cm³/mol. The molecule has 2 aromatic rings. The number of carboxylic acids is 1. The van der Waals surface area contributed by atoms with Crippen molar-refractivity contribution in [2.24, 2.45) is 0 Å². The highest BCUT2D eigenvalue weighted by Crippen LogP contribution is 2.23. The number of rotatable bonds is 5. The average Bonchev–Trinajstić information content (AvgIpc) is 2.69. The Morgan fingerprint density at radius 1 is 1.59 bits per heavy atom. The highest BCUT2D eigenvalue weighted by atomic mass is 32.2. The van der Waals surface area contributed by atoms with E-state index in [-0.39, 0.29) is 5.75 Å². The van der Waals surface area contributed by atoms with E-state index in [1.54, 1.807) is 0 Å². The zero-order valence-corrected chi connectivity index (χ0v) is 10.1. The number of aromatic nitrogens is 2. The lowest BCUT2D eigenvalue weighted by atomic mass is 10.3. The number of thioether (sulfide) groups is 1. The molecule has 6 heteroatoms. The van der Waals surface area contributed by atoms with Gasteiger partial charge in [0.15, 0.2) is 5.16 Å². The normalized spacial score (nSPS) is 10.6. The molecule has 0 bridgehead atoms. The average molecular weight is 252 g/mol. The van der Waals surface area contributed by atoms with Gasteiger partial charge in [-0.1, -0.05) is 11.8 Å². The molecule has 1 aromatic carbocycles. The first-order valence-corrected chi connectivity index (χ1v) is 6.14. The first kappa shape index (κ1) is 11.8. The Hall–Kier alpha value is -1.69. The number of benzene rings is 1. The van der Waals surface area contributed by atoms with Crippen molar-refractivity contribution in [2.45, 2.75) is 12.1 Å². The van der Waals surface area contributed by atoms with E-state index < -0.39 is 5.97 Å². The molecule has 17 heavy (non-hydrogen) atoms. The number of fused-ring (bicyclic) bond motifs is 1. The van der Waals surface area contributed by atoms with Gasteiger partial charge in [0.1, 0.15) is 5.75 Å². The standard InChI is InChI=1S/C11H12N2O3S/c1-2-16-7-3-4-8-9(5-7)13-11(12-8)17-6-10(14)15/h3-5H,2,6H2,1H3,(H,12,13)(H,14,15). The molecule has 0 unspecified atom stereocenters. The molecule has 0 atom stereocenters. The van der Waals surface area contributed by atoms with Gasteiger partial charge in [-0.25, -0.2) is 4.98 Å². The lowest BCUT2D eigenvalue weighted by molar-refractivity contribution is -0.133. The summed E-state index contributed by atoms with van der Waals surface area (Å²) in [4.78, 5) is 17.8. The van der Waals surface area contributed by atoms with Gasteiger partial charge in [0.2, 0.25) is 0 Å². The first-order chi connectivity index (χ1) is 8.19. The first-order valence-electron chi connectivity index (χ1n) is 5.16. The zero-order chi connectivity index (χ0) is 12.3. The van der Waals surface area contributed by atoms with Gasteiger partial charge in [-0.2, -0.15) is 0 Å². The Morgan fingerprint density at radius 2 is 2.41 bits per heavy atom. The largest absolute Gasteiger partial charge is 0.494 e. The predicted octanol–water partition coefficient (Wildman–Crippen LogP) is 2.14. The van der Waals surface area contributed by atoms with Crippen LogP contribution in [0.3, 0.4) is 0 Å². The molecule has 0 aliphatic rings. The van der Waals surface area contributed by atoms with Crippen LogP contribution in [0.4, 0.5) is 0 Å². The third-order valence-electron chi connectivity index (χ3n) is 2.07. The van der Waals surface area contributed by atoms with Crippen LogP contribution in [0.5, 0.6) is 5.75 Å². The minimum atomic E-state index is -0.856. The molecule has 0 aliphatic carbocycles. The molecular formula is C11H12N2O3S. The van der Waals surface area contributed by atoms with Crippen molar-refractivity contribution in [3.63, 3.8) is 0 Å². The number of imidazole rings is 1. The molecule has 0 fully saturated rings. The fourth-order valence-electron chi connectivity index (χ4n) is 1.42. The van der Waals surface area contributed by atoms with Gasteiger partial charge in [0.05, 0.1) is 23.4 Å². The third-order valence-corrected chi connectivity index (χ3v) is 2.93. The number of nitrogens with zero attached hydrogens (tertiary/aromatic N) is 1. The molecule has 0 saturated heterocycles. The van der Waals surface area contributed by atoms with E-state index in [0.29, 0.717) is 11.8 Å². The van der Waals surface area contributed by atoms with Crippen molar-refractivity contribution in [3.8, 4) is 5.75 Å². The molecule has 0 aliphatic heterocycles. The monoisotopic (exact) mass is 252 g/mol. The van der Waals surface area contributed by atoms with Gasteiger partial charge in [-0.3, -0.25) is 4.79 Å². The zero-order valence-electron chi connectivity index (χ0n) is 9.27. The third kappa shape index (κ3) is 2.91. The molecule has 0 spiro atoms. The molecular weight excluding hydrogens is 240 g/mol. The number of carboxylic acid groups (broad SMARTS) is 1. The van der Waals surface area contributed by atoms with E-state index in [2.05, 4.69) is 9.97 Å². The number of nitrogens with one attached hydrogen (secondary N) is 1. The van der Waals surface area contributed by atoms with Crippen LogP contribution >= 0.6 is 11.8 Å². The quantitative estimate of drug-likeness (QED) is 0.797. The molecule has 0 amide bonds. The van der Waals surface area contributed by atoms with Gasteiger partial charge in [0, 0.05) is 6.07 Å². The molecule has 2 N–H and O–H groups in total. The van der Waals surface area contributed by atoms with Crippen molar-refractivity contribution in [2.75, 3.05) is 12.4 Å². The molecule has 0 saturated carbocycles. The van der Waals surface area contributed by atoms with Gasteiger partial charge < -0.3 is 14.8 Å². The van der Waals surface area contributed by atoms with Crippen LogP contribution in [0.25, 0.3) is 11.0 Å². The second kappa shape index (κ2) is 5.09. The lowest BCUT2D eigenvalue weighted by Crippen LogP contribution is -1.97. The van der Waals surface area contributed by atoms with Crippen molar-refractivity contribution < 1.29 is 14.6 Å². The molecule has 1 aromatic heterocycles. The Morgan fingerprint density at radius 3 is 3.12 bits per heavy atom. The maximum atomic E-state index is 10.4. The summed E-state index contributed by atoms with van der Waals surface area (Å²) in [6.45, 7) is 2.53. The van der Waals surface area contributed by atoms with E-state index >= 15 is 0 Å². The Labute approximate surface area is 102 Å². The SMILES string of the molecule is CCOc1ccc2nc(SCC(=O)O)[nH]c2c1. The summed E-state index contributed by atoms with van der Waals surface area (Å²) < 4.78 is 5.37. The molecule has 90 valence electrons. The van der Waals surface area contributed by atoms with Crippen LogP contribution in [-0.2, 0) is 4.79 Å². The molecule has 0 radical (unpaired) electrons. The number of aliphatic carboxylic acids is 1. The van der Waals surface area contributed by atoms with Gasteiger partial charge >= 0.3 is 5.97 Å². The van der Waals surface area contributed by atoms with Crippen LogP contribution in [0.15, 0.2) is 23.4 Å². The lowest BCUT2D eigenvalue weighted by Gasteiger charge is -2.00. The highest BCUT2D eigenvalue weighted by Gasteiger charge is 2.06. The maximum absolute atomic E-state index is 10.4. The van der Waals surface area contributed by atoms with Gasteiger partial charge in [0.25, 0.3) is 0 Å². The molecule has 1 heterocycles. The Bertz CT molecular complexity index is 538. The van der Waals surface area contributed by atoms with Crippen LogP contribution in [0.2, 0.25) is 0 Å². The summed E-state index contributed by atoms with van der Waals surface area (Å²) in [6, 6.07) is 5.55. The Kier molecular flexibility index (Phi) is 3.53. The molecule has 5 nitrogen and oxygen atoms in total. The van der Waals surface area contributed by atoms with Crippen LogP contribution < -0.4 is 4.74 Å². The van der Waals surface area contributed by atoms with Crippen molar-refractivity contribution in [1.82, 2.24) is 9.97 Å². The van der Waals surface area contributed by atoms with E-state index in [9.17, 15) is 4.79 Å². The van der Waals surface area contributed by atoms with E-state index in [1.807, 2.05) is 25.1 Å². The summed E-state index contributed by atoms with van der Waals surface area (Å²) in [5, 5.41) is 9.19. The van der Waals surface area contributed by atoms with Crippen LogP contribution in [-0.4, -0.2) is 33.4 Å². The maximum Gasteiger partial charge on any atom is 0.313 e. The topological polar surface area (TPSA) is 75.2 Å². The smallest absolute Gasteiger partial charge is 0.313 e. The van der Waals surface area contributed by atoms with Crippen LogP contribution in [0.1, 0.15) is 6.92 Å². The summed E-state index contributed by atoms with van der Waals surface area (Å²) >= 11 is 1.17. The number of ether oxygens (including phenoxy) is 1. The number of hydrogen-bond donors (Lipinski definition) is 2. The van der Waals surface area contributed by atoms with Crippen molar-refractivity contribution in [3.05, 3.63) is 18.2 Å². The second-order valence-corrected chi connectivity index (χ2v) is 4.30.